The number of ether oxygens (including phenoxy) is 2. The van der Waals surface area contributed by atoms with Gasteiger partial charge in [0.25, 0.3) is 11.8 Å². The Labute approximate surface area is 190 Å². The molecule has 2 N–H and O–H groups in total. The van der Waals surface area contributed by atoms with Gasteiger partial charge in [-0.25, -0.2) is 0 Å². The van der Waals surface area contributed by atoms with E-state index in [1.165, 1.54) is 0 Å². The fourth-order valence-electron chi connectivity index (χ4n) is 2.65. The molecule has 0 fully saturated rings. The summed E-state index contributed by atoms with van der Waals surface area (Å²) in [6.45, 7) is 0.333. The number of halogens is 2. The molecule has 0 atom stereocenters. The van der Waals surface area contributed by atoms with Crippen LogP contribution in [-0.2, 0) is 4.79 Å². The molecule has 3 aromatic rings. The van der Waals surface area contributed by atoms with Gasteiger partial charge in [-0.1, -0.05) is 41.4 Å². The molecule has 0 bridgehead atoms. The van der Waals surface area contributed by atoms with Gasteiger partial charge in [0, 0.05) is 15.7 Å². The molecule has 3 aromatic carbocycles. The lowest BCUT2D eigenvalue weighted by Crippen LogP contribution is -2.29. The van der Waals surface area contributed by atoms with E-state index in [-0.39, 0.29) is 18.4 Å². The average molecular weight is 459 g/mol. The van der Waals surface area contributed by atoms with E-state index in [2.05, 4.69) is 10.6 Å². The maximum absolute atomic E-state index is 12.5. The largest absolute Gasteiger partial charge is 0.492 e. The summed E-state index contributed by atoms with van der Waals surface area (Å²) in [5, 5.41) is 6.60. The molecule has 0 unspecified atom stereocenters. The SMILES string of the molecule is O=C(COc1ccccc1C(=O)NCCOc1ccc(Cl)cc1)Nc1cccc(Cl)c1. The minimum absolute atomic E-state index is 0.253. The molecule has 0 aliphatic carbocycles. The molecule has 0 aliphatic rings. The second-order valence-electron chi connectivity index (χ2n) is 6.40. The van der Waals surface area contributed by atoms with Crippen molar-refractivity contribution in [1.29, 1.82) is 0 Å². The Morgan fingerprint density at radius 1 is 0.839 bits per heavy atom. The van der Waals surface area contributed by atoms with Crippen LogP contribution in [0, 0.1) is 0 Å². The van der Waals surface area contributed by atoms with Gasteiger partial charge in [0.05, 0.1) is 12.1 Å². The van der Waals surface area contributed by atoms with Crippen LogP contribution in [0.25, 0.3) is 0 Å². The monoisotopic (exact) mass is 458 g/mol. The van der Waals surface area contributed by atoms with Gasteiger partial charge in [-0.2, -0.15) is 0 Å². The Hall–Kier alpha value is -3.22. The summed E-state index contributed by atoms with van der Waals surface area (Å²) >= 11 is 11.7. The first-order valence-electron chi connectivity index (χ1n) is 9.45. The molecule has 3 rings (SSSR count). The summed E-state index contributed by atoms with van der Waals surface area (Å²) in [4.78, 5) is 24.7. The van der Waals surface area contributed by atoms with Crippen LogP contribution in [-0.4, -0.2) is 31.6 Å². The number of carbonyl (C=O) groups excluding carboxylic acids is 2. The third kappa shape index (κ3) is 7.20. The maximum atomic E-state index is 12.5. The molecule has 0 saturated carbocycles. The number of hydrogen-bond acceptors (Lipinski definition) is 4. The summed E-state index contributed by atoms with van der Waals surface area (Å²) in [6, 6.07) is 20.5. The number of rotatable bonds is 9. The van der Waals surface area contributed by atoms with E-state index in [1.807, 2.05) is 0 Å². The van der Waals surface area contributed by atoms with Crippen LogP contribution in [0.2, 0.25) is 10.0 Å². The van der Waals surface area contributed by atoms with Crippen LogP contribution in [0.3, 0.4) is 0 Å². The molecular formula is C23H20Cl2N2O4. The van der Waals surface area contributed by atoms with Crippen molar-refractivity contribution in [3.8, 4) is 11.5 Å². The summed E-state index contributed by atoms with van der Waals surface area (Å²) < 4.78 is 11.1. The van der Waals surface area contributed by atoms with Crippen LogP contribution in [0.15, 0.2) is 72.8 Å². The van der Waals surface area contributed by atoms with Crippen LogP contribution in [0.1, 0.15) is 10.4 Å². The van der Waals surface area contributed by atoms with Gasteiger partial charge in [-0.3, -0.25) is 9.59 Å². The third-order valence-corrected chi connectivity index (χ3v) is 4.56. The predicted molar refractivity (Wildman–Crippen MR) is 121 cm³/mol. The predicted octanol–water partition coefficient (Wildman–Crippen LogP) is 4.82. The lowest BCUT2D eigenvalue weighted by Gasteiger charge is -2.12. The molecule has 0 aromatic heterocycles. The fraction of sp³-hybridized carbons (Fsp3) is 0.130. The summed E-state index contributed by atoms with van der Waals surface area (Å²) in [5.74, 6) is 0.271. The van der Waals surface area contributed by atoms with E-state index in [9.17, 15) is 9.59 Å². The molecule has 0 spiro atoms. The molecule has 6 nitrogen and oxygen atoms in total. The van der Waals surface area contributed by atoms with Crippen molar-refractivity contribution >= 4 is 40.7 Å². The van der Waals surface area contributed by atoms with E-state index in [4.69, 9.17) is 32.7 Å². The summed E-state index contributed by atoms with van der Waals surface area (Å²) in [5.41, 5.74) is 0.886. The zero-order valence-corrected chi connectivity index (χ0v) is 18.0. The molecule has 0 heterocycles. The molecule has 0 radical (unpaired) electrons. The Balaban J connectivity index is 1.48. The zero-order chi connectivity index (χ0) is 22.1. The number of para-hydroxylation sites is 1. The standard InChI is InChI=1S/C23H20Cl2N2O4/c24-16-8-10-19(11-9-16)30-13-12-26-23(29)20-6-1-2-7-21(20)31-15-22(28)27-18-5-3-4-17(25)14-18/h1-11,14H,12-13,15H2,(H,26,29)(H,27,28). The Morgan fingerprint density at radius 2 is 1.61 bits per heavy atom. The van der Waals surface area contributed by atoms with Crippen molar-refractivity contribution in [3.05, 3.63) is 88.4 Å². The summed E-state index contributed by atoms with van der Waals surface area (Å²) in [6.07, 6.45) is 0. The van der Waals surface area contributed by atoms with Gasteiger partial charge in [0.2, 0.25) is 0 Å². The van der Waals surface area contributed by atoms with Crippen molar-refractivity contribution in [3.63, 3.8) is 0 Å². The molecular weight excluding hydrogens is 439 g/mol. The molecule has 8 heteroatoms. The van der Waals surface area contributed by atoms with E-state index >= 15 is 0 Å². The second kappa shape index (κ2) is 11.2. The molecule has 2 amide bonds. The van der Waals surface area contributed by atoms with Crippen molar-refractivity contribution < 1.29 is 19.1 Å². The fourth-order valence-corrected chi connectivity index (χ4v) is 2.96. The highest BCUT2D eigenvalue weighted by Crippen LogP contribution is 2.19. The van der Waals surface area contributed by atoms with Gasteiger partial charge in [0.1, 0.15) is 18.1 Å². The van der Waals surface area contributed by atoms with Gasteiger partial charge in [0.15, 0.2) is 6.61 Å². The van der Waals surface area contributed by atoms with Crippen molar-refractivity contribution in [2.75, 3.05) is 25.1 Å². The molecule has 31 heavy (non-hydrogen) atoms. The highest BCUT2D eigenvalue weighted by atomic mass is 35.5. The van der Waals surface area contributed by atoms with E-state index < -0.39 is 0 Å². The van der Waals surface area contributed by atoms with Crippen molar-refractivity contribution in [2.24, 2.45) is 0 Å². The van der Waals surface area contributed by atoms with Crippen LogP contribution < -0.4 is 20.1 Å². The van der Waals surface area contributed by atoms with Gasteiger partial charge in [-0.05, 0) is 54.6 Å². The van der Waals surface area contributed by atoms with Crippen LogP contribution in [0.5, 0.6) is 11.5 Å². The third-order valence-electron chi connectivity index (χ3n) is 4.07. The zero-order valence-electron chi connectivity index (χ0n) is 16.4. The number of benzene rings is 3. The molecule has 0 saturated heterocycles. The number of carbonyl (C=O) groups is 2. The number of nitrogens with one attached hydrogen (secondary N) is 2. The Kier molecular flexibility index (Phi) is 8.15. The molecule has 160 valence electrons. The van der Waals surface area contributed by atoms with Crippen molar-refractivity contribution in [1.82, 2.24) is 5.32 Å². The number of hydrogen-bond donors (Lipinski definition) is 2. The summed E-state index contributed by atoms with van der Waals surface area (Å²) in [7, 11) is 0. The first kappa shape index (κ1) is 22.5. The Morgan fingerprint density at radius 3 is 2.39 bits per heavy atom. The topological polar surface area (TPSA) is 76.7 Å². The van der Waals surface area contributed by atoms with E-state index in [1.54, 1.807) is 72.8 Å². The number of anilines is 1. The second-order valence-corrected chi connectivity index (χ2v) is 7.27. The lowest BCUT2D eigenvalue weighted by molar-refractivity contribution is -0.118. The average Bonchev–Trinajstić information content (AvgIpc) is 2.76. The molecule has 0 aliphatic heterocycles. The maximum Gasteiger partial charge on any atom is 0.262 e. The Bertz CT molecular complexity index is 1040. The first-order valence-corrected chi connectivity index (χ1v) is 10.2. The lowest BCUT2D eigenvalue weighted by atomic mass is 10.2. The van der Waals surface area contributed by atoms with Crippen molar-refractivity contribution in [2.45, 2.75) is 0 Å². The van der Waals surface area contributed by atoms with Crippen LogP contribution >= 0.6 is 23.2 Å². The quantitative estimate of drug-likeness (QED) is 0.450. The minimum Gasteiger partial charge on any atom is -0.492 e. The normalized spacial score (nSPS) is 10.3. The highest BCUT2D eigenvalue weighted by Gasteiger charge is 2.13. The van der Waals surface area contributed by atoms with Gasteiger partial charge < -0.3 is 20.1 Å². The van der Waals surface area contributed by atoms with Gasteiger partial charge in [-0.15, -0.1) is 0 Å². The number of amides is 2. The van der Waals surface area contributed by atoms with E-state index in [0.29, 0.717) is 45.9 Å². The van der Waals surface area contributed by atoms with Gasteiger partial charge >= 0.3 is 0 Å². The van der Waals surface area contributed by atoms with E-state index in [0.717, 1.165) is 0 Å². The first-order chi connectivity index (χ1) is 15.0. The highest BCUT2D eigenvalue weighted by molar-refractivity contribution is 6.31. The van der Waals surface area contributed by atoms with Crippen LogP contribution in [0.4, 0.5) is 5.69 Å². The minimum atomic E-state index is -0.367. The smallest absolute Gasteiger partial charge is 0.262 e.